The van der Waals surface area contributed by atoms with Crippen LogP contribution >= 0.6 is 0 Å². The van der Waals surface area contributed by atoms with E-state index in [1.54, 1.807) is 0 Å². The van der Waals surface area contributed by atoms with Crippen molar-refractivity contribution >= 4 is 11.9 Å². The monoisotopic (exact) mass is 184 g/mol. The van der Waals surface area contributed by atoms with E-state index in [0.717, 1.165) is 0 Å². The molecule has 13 heavy (non-hydrogen) atoms. The Balaban J connectivity index is 5.03. The molecule has 0 aromatic heterocycles. The molecule has 4 nitrogen and oxygen atoms in total. The smallest absolute Gasteiger partial charge is 0.331 e. The molecule has 0 amide bonds. The molecule has 4 heteroatoms. The molecule has 0 saturated heterocycles. The summed E-state index contributed by atoms with van der Waals surface area (Å²) in [7, 11) is 0. The summed E-state index contributed by atoms with van der Waals surface area (Å²) in [4.78, 5) is 21.1. The molecule has 1 atom stereocenters. The molecule has 0 aromatic rings. The third-order valence-electron chi connectivity index (χ3n) is 1.88. The van der Waals surface area contributed by atoms with Gasteiger partial charge in [0.15, 0.2) is 0 Å². The predicted molar refractivity (Wildman–Crippen MR) is 47.3 cm³/mol. The highest BCUT2D eigenvalue weighted by atomic mass is 16.4. The fourth-order valence-corrected chi connectivity index (χ4v) is 0.865. The molecule has 0 aromatic carbocycles. The molecule has 0 heterocycles. The van der Waals surface area contributed by atoms with Gasteiger partial charge >= 0.3 is 11.9 Å². The number of rotatable bonds is 4. The minimum absolute atomic E-state index is 0.0484. The molecule has 72 valence electrons. The van der Waals surface area contributed by atoms with Crippen molar-refractivity contribution in [1.29, 1.82) is 0 Å². The molecular formula is C9H12O4. The van der Waals surface area contributed by atoms with Gasteiger partial charge < -0.3 is 10.2 Å². The second-order valence-electron chi connectivity index (χ2n) is 2.66. The molecule has 0 rings (SSSR count). The number of carbonyl (C=O) groups is 2. The average molecular weight is 184 g/mol. The van der Waals surface area contributed by atoms with Gasteiger partial charge in [0.05, 0.1) is 5.92 Å². The first-order valence-corrected chi connectivity index (χ1v) is 3.67. The highest BCUT2D eigenvalue weighted by Crippen LogP contribution is 2.16. The summed E-state index contributed by atoms with van der Waals surface area (Å²) < 4.78 is 0. The van der Waals surface area contributed by atoms with Crippen LogP contribution in [-0.4, -0.2) is 22.2 Å². The van der Waals surface area contributed by atoms with Crippen LogP contribution in [0.4, 0.5) is 0 Å². The molecule has 0 spiro atoms. The maximum Gasteiger partial charge on any atom is 0.331 e. The van der Waals surface area contributed by atoms with Crippen LogP contribution in [0.15, 0.2) is 23.8 Å². The maximum atomic E-state index is 10.6. The average Bonchev–Trinajstić information content (AvgIpc) is 2.03. The van der Waals surface area contributed by atoms with Crippen LogP contribution in [0.3, 0.4) is 0 Å². The molecule has 0 saturated carbocycles. The van der Waals surface area contributed by atoms with Gasteiger partial charge in [-0.15, -0.1) is 6.58 Å². The fourth-order valence-electron chi connectivity index (χ4n) is 0.865. The lowest BCUT2D eigenvalue weighted by Gasteiger charge is -2.09. The van der Waals surface area contributed by atoms with Gasteiger partial charge in [0.1, 0.15) is 0 Å². The van der Waals surface area contributed by atoms with Crippen molar-refractivity contribution in [3.8, 4) is 0 Å². The Morgan fingerprint density at radius 2 is 1.77 bits per heavy atom. The van der Waals surface area contributed by atoms with E-state index in [-0.39, 0.29) is 5.57 Å². The normalized spacial score (nSPS) is 14.3. The van der Waals surface area contributed by atoms with Crippen molar-refractivity contribution in [3.05, 3.63) is 23.8 Å². The summed E-state index contributed by atoms with van der Waals surface area (Å²) in [5.74, 6) is -3.12. The van der Waals surface area contributed by atoms with Gasteiger partial charge in [-0.2, -0.15) is 0 Å². The summed E-state index contributed by atoms with van der Waals surface area (Å²) in [5, 5.41) is 17.3. The second kappa shape index (κ2) is 4.45. The minimum Gasteiger partial charge on any atom is -0.481 e. The highest BCUT2D eigenvalue weighted by Gasteiger charge is 2.19. The van der Waals surface area contributed by atoms with Crippen molar-refractivity contribution in [1.82, 2.24) is 0 Å². The molecule has 2 N–H and O–H groups in total. The van der Waals surface area contributed by atoms with Crippen LogP contribution in [0.1, 0.15) is 13.8 Å². The van der Waals surface area contributed by atoms with E-state index in [1.807, 2.05) is 0 Å². The standard InChI is InChI=1S/C9H12O4/c1-4-7(9(12)13)5(2)6(3)8(10)11/h4,7H,1H2,2-3H3,(H,10,11)(H,12,13). The lowest BCUT2D eigenvalue weighted by atomic mass is 9.96. The Labute approximate surface area is 76.2 Å². The van der Waals surface area contributed by atoms with Crippen LogP contribution in [0.25, 0.3) is 0 Å². The van der Waals surface area contributed by atoms with Gasteiger partial charge in [0.2, 0.25) is 0 Å². The van der Waals surface area contributed by atoms with Crippen LogP contribution < -0.4 is 0 Å². The molecule has 0 fully saturated rings. The predicted octanol–water partition coefficient (Wildman–Crippen LogP) is 1.29. The Morgan fingerprint density at radius 1 is 1.31 bits per heavy atom. The molecule has 0 bridgehead atoms. The molecular weight excluding hydrogens is 172 g/mol. The van der Waals surface area contributed by atoms with E-state index in [0.29, 0.717) is 5.57 Å². The number of carboxylic acids is 2. The van der Waals surface area contributed by atoms with Gasteiger partial charge in [0.25, 0.3) is 0 Å². The molecule has 1 unspecified atom stereocenters. The lowest BCUT2D eigenvalue weighted by Crippen LogP contribution is -2.15. The third kappa shape index (κ3) is 2.74. The molecule has 0 aliphatic rings. The number of hydrogen-bond donors (Lipinski definition) is 2. The summed E-state index contributed by atoms with van der Waals surface area (Å²) in [6.07, 6.45) is 1.21. The van der Waals surface area contributed by atoms with Crippen LogP contribution in [0.2, 0.25) is 0 Å². The maximum absolute atomic E-state index is 10.6. The summed E-state index contributed by atoms with van der Waals surface area (Å²) in [5.41, 5.74) is 0.349. The zero-order valence-corrected chi connectivity index (χ0v) is 7.57. The van der Waals surface area contributed by atoms with Gasteiger partial charge in [-0.3, -0.25) is 4.79 Å². The number of hydrogen-bond acceptors (Lipinski definition) is 2. The van der Waals surface area contributed by atoms with Gasteiger partial charge in [-0.1, -0.05) is 6.08 Å². The summed E-state index contributed by atoms with van der Waals surface area (Å²) in [6.45, 7) is 6.19. The Kier molecular flexibility index (Phi) is 3.91. The van der Waals surface area contributed by atoms with Gasteiger partial charge in [-0.05, 0) is 19.4 Å². The largest absolute Gasteiger partial charge is 0.481 e. The highest BCUT2D eigenvalue weighted by molar-refractivity contribution is 5.89. The first-order chi connectivity index (χ1) is 5.91. The summed E-state index contributed by atoms with van der Waals surface area (Å²) >= 11 is 0. The summed E-state index contributed by atoms with van der Waals surface area (Å²) in [6, 6.07) is 0. The zero-order chi connectivity index (χ0) is 10.6. The topological polar surface area (TPSA) is 74.6 Å². The van der Waals surface area contributed by atoms with Crippen LogP contribution in [0.5, 0.6) is 0 Å². The second-order valence-corrected chi connectivity index (χ2v) is 2.66. The molecule has 0 aliphatic heterocycles. The van der Waals surface area contributed by atoms with Crippen molar-refractivity contribution < 1.29 is 19.8 Å². The zero-order valence-electron chi connectivity index (χ0n) is 7.57. The van der Waals surface area contributed by atoms with Crippen molar-refractivity contribution in [2.24, 2.45) is 5.92 Å². The minimum atomic E-state index is -1.11. The Bertz CT molecular complexity index is 275. The Morgan fingerprint density at radius 3 is 2.00 bits per heavy atom. The van der Waals surface area contributed by atoms with E-state index in [2.05, 4.69) is 6.58 Å². The molecule has 0 radical (unpaired) electrons. The van der Waals surface area contributed by atoms with Crippen molar-refractivity contribution in [2.75, 3.05) is 0 Å². The van der Waals surface area contributed by atoms with Gasteiger partial charge in [0, 0.05) is 5.57 Å². The third-order valence-corrected chi connectivity index (χ3v) is 1.88. The Hall–Kier alpha value is -1.58. The van der Waals surface area contributed by atoms with Crippen molar-refractivity contribution in [2.45, 2.75) is 13.8 Å². The first kappa shape index (κ1) is 11.4. The number of carboxylic acid groups (broad SMARTS) is 2. The SMILES string of the molecule is C=CC(C(=O)O)C(C)=C(C)C(=O)O. The van der Waals surface area contributed by atoms with E-state index in [9.17, 15) is 9.59 Å². The lowest BCUT2D eigenvalue weighted by molar-refractivity contribution is -0.138. The van der Waals surface area contributed by atoms with Crippen LogP contribution in [-0.2, 0) is 9.59 Å². The van der Waals surface area contributed by atoms with E-state index >= 15 is 0 Å². The van der Waals surface area contributed by atoms with Gasteiger partial charge in [-0.25, -0.2) is 4.79 Å². The quantitative estimate of drug-likeness (QED) is 0.510. The first-order valence-electron chi connectivity index (χ1n) is 3.67. The van der Waals surface area contributed by atoms with Crippen LogP contribution in [0, 0.1) is 5.92 Å². The van der Waals surface area contributed by atoms with Crippen molar-refractivity contribution in [3.63, 3.8) is 0 Å². The fraction of sp³-hybridized carbons (Fsp3) is 0.333. The van der Waals surface area contributed by atoms with E-state index < -0.39 is 17.9 Å². The molecule has 0 aliphatic carbocycles. The van der Waals surface area contributed by atoms with E-state index in [4.69, 9.17) is 10.2 Å². The van der Waals surface area contributed by atoms with E-state index in [1.165, 1.54) is 19.9 Å². The number of aliphatic carboxylic acids is 2.